The van der Waals surface area contributed by atoms with Gasteiger partial charge in [-0.25, -0.2) is 4.98 Å². The van der Waals surface area contributed by atoms with E-state index in [0.717, 1.165) is 0 Å². The molecule has 92 valence electrons. The van der Waals surface area contributed by atoms with E-state index in [4.69, 9.17) is 16.6 Å². The maximum atomic E-state index is 10.6. The molecule has 9 nitrogen and oxygen atoms in total. The van der Waals surface area contributed by atoms with Gasteiger partial charge in [0.1, 0.15) is 11.9 Å². The van der Waals surface area contributed by atoms with Crippen molar-refractivity contribution >= 4 is 23.2 Å². The Labute approximate surface area is 95.6 Å². The van der Waals surface area contributed by atoms with Crippen molar-refractivity contribution in [2.45, 2.75) is 6.10 Å². The first-order valence-electron chi connectivity index (χ1n) is 4.54. The maximum Gasteiger partial charge on any atom is 0.311 e. The number of rotatable bonds is 5. The smallest absolute Gasteiger partial charge is 0.311 e. The molecule has 9 heteroatoms. The van der Waals surface area contributed by atoms with Crippen molar-refractivity contribution in [3.63, 3.8) is 0 Å². The minimum absolute atomic E-state index is 0.0756. The normalized spacial score (nSPS) is 11.8. The highest BCUT2D eigenvalue weighted by Crippen LogP contribution is 2.22. The number of hydrogen-bond acceptors (Lipinski definition) is 7. The number of nitrogen functional groups attached to an aromatic ring is 1. The monoisotopic (exact) mass is 241 g/mol. The van der Waals surface area contributed by atoms with E-state index in [1.54, 1.807) is 0 Å². The summed E-state index contributed by atoms with van der Waals surface area (Å²) in [5.74, 6) is -0.994. The number of anilines is 2. The molecule has 0 saturated carbocycles. The molecule has 1 heterocycles. The van der Waals surface area contributed by atoms with E-state index in [-0.39, 0.29) is 23.9 Å². The van der Waals surface area contributed by atoms with E-state index in [9.17, 15) is 14.9 Å². The first-order valence-corrected chi connectivity index (χ1v) is 4.54. The summed E-state index contributed by atoms with van der Waals surface area (Å²) in [6.07, 6.45) is -1.46. The summed E-state index contributed by atoms with van der Waals surface area (Å²) in [5, 5.41) is 22.2. The predicted octanol–water partition coefficient (Wildman–Crippen LogP) is -1.17. The molecule has 0 spiro atoms. The fourth-order valence-electron chi connectivity index (χ4n) is 1.04. The van der Waals surface area contributed by atoms with Crippen molar-refractivity contribution in [3.8, 4) is 0 Å². The third kappa shape index (κ3) is 3.28. The van der Waals surface area contributed by atoms with Gasteiger partial charge in [0.2, 0.25) is 11.7 Å². The molecule has 17 heavy (non-hydrogen) atoms. The number of nitrogens with two attached hydrogens (primary N) is 2. The van der Waals surface area contributed by atoms with E-state index in [1.165, 1.54) is 12.1 Å². The van der Waals surface area contributed by atoms with E-state index in [2.05, 4.69) is 10.3 Å². The highest BCUT2D eigenvalue weighted by Gasteiger charge is 2.17. The lowest BCUT2D eigenvalue weighted by Gasteiger charge is -2.09. The zero-order valence-corrected chi connectivity index (χ0v) is 8.66. The lowest BCUT2D eigenvalue weighted by atomic mass is 10.3. The molecule has 0 fully saturated rings. The number of aliphatic hydroxyl groups excluding tert-OH is 1. The number of amides is 1. The zero-order valence-electron chi connectivity index (χ0n) is 8.66. The fraction of sp³-hybridized carbons (Fsp3) is 0.250. The lowest BCUT2D eigenvalue weighted by molar-refractivity contribution is -0.384. The SMILES string of the molecule is NC(=O)C(O)CNc1nc(N)ccc1[N+](=O)[O-]. The molecular formula is C8H11N5O4. The highest BCUT2D eigenvalue weighted by molar-refractivity contribution is 5.79. The predicted molar refractivity (Wildman–Crippen MR) is 59.0 cm³/mol. The van der Waals surface area contributed by atoms with E-state index < -0.39 is 16.9 Å². The Balaban J connectivity index is 2.85. The third-order valence-corrected chi connectivity index (χ3v) is 1.88. The number of carbonyl (C=O) groups is 1. The number of carbonyl (C=O) groups excluding carboxylic acids is 1. The van der Waals surface area contributed by atoms with Crippen LogP contribution in [0.2, 0.25) is 0 Å². The minimum Gasteiger partial charge on any atom is -0.384 e. The Morgan fingerprint density at radius 3 is 2.82 bits per heavy atom. The topological polar surface area (TPSA) is 157 Å². The second kappa shape index (κ2) is 5.07. The third-order valence-electron chi connectivity index (χ3n) is 1.88. The summed E-state index contributed by atoms with van der Waals surface area (Å²) in [4.78, 5) is 24.2. The van der Waals surface area contributed by atoms with Crippen LogP contribution >= 0.6 is 0 Å². The summed E-state index contributed by atoms with van der Waals surface area (Å²) in [5.41, 5.74) is 9.88. The van der Waals surface area contributed by atoms with Gasteiger partial charge in [0.15, 0.2) is 0 Å². The highest BCUT2D eigenvalue weighted by atomic mass is 16.6. The van der Waals surface area contributed by atoms with Gasteiger partial charge in [-0.3, -0.25) is 14.9 Å². The minimum atomic E-state index is -1.46. The molecule has 1 aromatic rings. The van der Waals surface area contributed by atoms with Gasteiger partial charge in [-0.2, -0.15) is 0 Å². The molecule has 0 aliphatic carbocycles. The second-order valence-corrected chi connectivity index (χ2v) is 3.16. The van der Waals surface area contributed by atoms with Gasteiger partial charge in [-0.1, -0.05) is 0 Å². The average molecular weight is 241 g/mol. The summed E-state index contributed by atoms with van der Waals surface area (Å²) in [6.45, 7) is -0.285. The number of pyridine rings is 1. The molecule has 1 rings (SSSR count). The van der Waals surface area contributed by atoms with Crippen molar-refractivity contribution in [1.82, 2.24) is 4.98 Å². The molecule has 0 saturated heterocycles. The van der Waals surface area contributed by atoms with Crippen LogP contribution in [0.4, 0.5) is 17.3 Å². The molecule has 1 atom stereocenters. The van der Waals surface area contributed by atoms with Crippen LogP contribution < -0.4 is 16.8 Å². The van der Waals surface area contributed by atoms with E-state index in [1.807, 2.05) is 0 Å². The molecule has 1 unspecified atom stereocenters. The van der Waals surface area contributed by atoms with E-state index >= 15 is 0 Å². The molecule has 6 N–H and O–H groups in total. The Morgan fingerprint density at radius 1 is 1.65 bits per heavy atom. The van der Waals surface area contributed by atoms with Gasteiger partial charge in [0.25, 0.3) is 0 Å². The zero-order chi connectivity index (χ0) is 13.0. The fourth-order valence-corrected chi connectivity index (χ4v) is 1.04. The number of primary amides is 1. The van der Waals surface area contributed by atoms with Crippen LogP contribution in [0, 0.1) is 10.1 Å². The molecule has 0 aliphatic heterocycles. The Bertz CT molecular complexity index is 450. The van der Waals surface area contributed by atoms with E-state index in [0.29, 0.717) is 0 Å². The largest absolute Gasteiger partial charge is 0.384 e. The molecule has 1 aromatic heterocycles. The lowest BCUT2D eigenvalue weighted by Crippen LogP contribution is -2.34. The average Bonchev–Trinajstić information content (AvgIpc) is 2.25. The first kappa shape index (κ1) is 12.6. The van der Waals surface area contributed by atoms with Gasteiger partial charge in [0, 0.05) is 6.07 Å². The number of aliphatic hydroxyl groups is 1. The number of nitrogens with one attached hydrogen (secondary N) is 1. The standard InChI is InChI=1S/C8H11N5O4/c9-6-2-1-4(13(16)17)8(12-6)11-3-5(14)7(10)15/h1-2,5,14H,3H2,(H2,10,15)(H3,9,11,12). The van der Waals surface area contributed by atoms with Crippen molar-refractivity contribution in [3.05, 3.63) is 22.2 Å². The number of hydrogen-bond donors (Lipinski definition) is 4. The van der Waals surface area contributed by atoms with Gasteiger partial charge >= 0.3 is 5.69 Å². The van der Waals surface area contributed by atoms with Gasteiger partial charge in [-0.05, 0) is 6.07 Å². The second-order valence-electron chi connectivity index (χ2n) is 3.16. The summed E-state index contributed by atoms with van der Waals surface area (Å²) in [6, 6.07) is 2.44. The van der Waals surface area contributed by atoms with Gasteiger partial charge < -0.3 is 21.9 Å². The van der Waals surface area contributed by atoms with Gasteiger partial charge in [-0.15, -0.1) is 0 Å². The maximum absolute atomic E-state index is 10.6. The molecule has 0 aromatic carbocycles. The van der Waals surface area contributed by atoms with Crippen molar-refractivity contribution in [2.24, 2.45) is 5.73 Å². The van der Waals surface area contributed by atoms with Crippen LogP contribution in [-0.2, 0) is 4.79 Å². The Hall–Kier alpha value is -2.42. The van der Waals surface area contributed by atoms with Crippen LogP contribution in [0.15, 0.2) is 12.1 Å². The van der Waals surface area contributed by atoms with Crippen molar-refractivity contribution in [1.29, 1.82) is 0 Å². The molecule has 0 aliphatic rings. The first-order chi connectivity index (χ1) is 7.91. The molecule has 1 amide bonds. The Kier molecular flexibility index (Phi) is 3.78. The van der Waals surface area contributed by atoms with Crippen LogP contribution in [-0.4, -0.2) is 33.6 Å². The van der Waals surface area contributed by atoms with Crippen LogP contribution in [0.3, 0.4) is 0 Å². The number of nitro groups is 1. The number of nitrogens with zero attached hydrogens (tertiary/aromatic N) is 2. The molecule has 0 radical (unpaired) electrons. The number of aromatic nitrogens is 1. The molecular weight excluding hydrogens is 230 g/mol. The molecule has 0 bridgehead atoms. The van der Waals surface area contributed by atoms with Crippen molar-refractivity contribution in [2.75, 3.05) is 17.6 Å². The Morgan fingerprint density at radius 2 is 2.29 bits per heavy atom. The van der Waals surface area contributed by atoms with Gasteiger partial charge in [0.05, 0.1) is 11.5 Å². The quantitative estimate of drug-likeness (QED) is 0.373. The van der Waals surface area contributed by atoms with Crippen LogP contribution in [0.1, 0.15) is 0 Å². The summed E-state index contributed by atoms with van der Waals surface area (Å²) in [7, 11) is 0. The van der Waals surface area contributed by atoms with Crippen LogP contribution in [0.25, 0.3) is 0 Å². The van der Waals surface area contributed by atoms with Crippen LogP contribution in [0.5, 0.6) is 0 Å². The summed E-state index contributed by atoms with van der Waals surface area (Å²) < 4.78 is 0. The van der Waals surface area contributed by atoms with Crippen molar-refractivity contribution < 1.29 is 14.8 Å². The summed E-state index contributed by atoms with van der Waals surface area (Å²) >= 11 is 0.